The van der Waals surface area contributed by atoms with E-state index in [1.54, 1.807) is 45.2 Å². The monoisotopic (exact) mass is 564 g/mol. The first-order valence-electron chi connectivity index (χ1n) is 13.7. The fourth-order valence-electron chi connectivity index (χ4n) is 5.18. The summed E-state index contributed by atoms with van der Waals surface area (Å²) in [5.74, 6) is 0.663. The van der Waals surface area contributed by atoms with E-state index >= 15 is 0 Å². The molecule has 2 atom stereocenters. The third-order valence-electron chi connectivity index (χ3n) is 7.23. The van der Waals surface area contributed by atoms with E-state index in [0.717, 1.165) is 11.1 Å². The Morgan fingerprint density at radius 2 is 1.60 bits per heavy atom. The zero-order valence-electron chi connectivity index (χ0n) is 24.0. The van der Waals surface area contributed by atoms with E-state index < -0.39 is 23.7 Å². The molecule has 3 aromatic carbocycles. The number of hydrogen-bond donors (Lipinski definition) is 0. The highest BCUT2D eigenvalue weighted by atomic mass is 16.6. The van der Waals surface area contributed by atoms with Crippen molar-refractivity contribution in [1.82, 2.24) is 4.57 Å². The van der Waals surface area contributed by atoms with Crippen molar-refractivity contribution >= 4 is 5.97 Å². The molecule has 5 rings (SSSR count). The van der Waals surface area contributed by atoms with Crippen molar-refractivity contribution in [2.75, 3.05) is 0 Å². The van der Waals surface area contributed by atoms with Gasteiger partial charge in [0.25, 0.3) is 5.56 Å². The number of ether oxygens (including phenoxy) is 4. The second-order valence-electron chi connectivity index (χ2n) is 10.8. The summed E-state index contributed by atoms with van der Waals surface area (Å²) < 4.78 is 26.1. The minimum absolute atomic E-state index is 0.238. The predicted octanol–water partition coefficient (Wildman–Crippen LogP) is 5.88. The number of fused-ring (bicyclic) bond motifs is 1. The lowest BCUT2D eigenvalue weighted by Crippen LogP contribution is -2.54. The summed E-state index contributed by atoms with van der Waals surface area (Å²) in [6.45, 7) is 7.08. The van der Waals surface area contributed by atoms with Gasteiger partial charge in [-0.1, -0.05) is 60.7 Å². The molecule has 0 unspecified atom stereocenters. The topological polar surface area (TPSA) is 99.8 Å². The smallest absolute Gasteiger partial charge is 0.303 e. The summed E-state index contributed by atoms with van der Waals surface area (Å²) in [7, 11) is 0. The number of benzene rings is 3. The molecular weight excluding hydrogens is 532 g/mol. The minimum atomic E-state index is -1.00. The molecule has 2 heterocycles. The molecule has 214 valence electrons. The van der Waals surface area contributed by atoms with E-state index in [1.165, 1.54) is 11.5 Å². The SMILES string of the molecule is CC(=O)O[C@H]1[C@H](n2cc(OCc3ccccc3)c(OCc3ccccc3)c(C)c2=O)c2cc(C#N)ccc2OC1(C)C. The number of esters is 1. The van der Waals surface area contributed by atoms with Crippen LogP contribution in [0.2, 0.25) is 0 Å². The van der Waals surface area contributed by atoms with Gasteiger partial charge in [0.1, 0.15) is 30.6 Å². The van der Waals surface area contributed by atoms with Gasteiger partial charge in [-0.15, -0.1) is 0 Å². The average molecular weight is 565 g/mol. The highest BCUT2D eigenvalue weighted by Gasteiger charge is 2.48. The van der Waals surface area contributed by atoms with Crippen molar-refractivity contribution in [3.05, 3.63) is 123 Å². The largest absolute Gasteiger partial charge is 0.484 e. The number of nitrogens with zero attached hydrogens (tertiary/aromatic N) is 2. The molecule has 0 saturated heterocycles. The number of nitriles is 1. The van der Waals surface area contributed by atoms with E-state index in [-0.39, 0.29) is 18.8 Å². The number of carbonyl (C=O) groups excluding carboxylic acids is 1. The van der Waals surface area contributed by atoms with E-state index in [1.807, 2.05) is 60.7 Å². The van der Waals surface area contributed by atoms with Crippen molar-refractivity contribution in [3.8, 4) is 23.3 Å². The molecule has 1 aromatic heterocycles. The summed E-state index contributed by atoms with van der Waals surface area (Å²) in [6, 6.07) is 25.7. The van der Waals surface area contributed by atoms with Crippen molar-refractivity contribution in [3.63, 3.8) is 0 Å². The minimum Gasteiger partial charge on any atom is -0.484 e. The maximum Gasteiger partial charge on any atom is 0.303 e. The van der Waals surface area contributed by atoms with Crippen LogP contribution in [-0.2, 0) is 22.7 Å². The van der Waals surface area contributed by atoms with Gasteiger partial charge in [0, 0.05) is 12.5 Å². The molecule has 0 radical (unpaired) electrons. The first-order valence-corrected chi connectivity index (χ1v) is 13.7. The molecule has 42 heavy (non-hydrogen) atoms. The van der Waals surface area contributed by atoms with E-state index in [4.69, 9.17) is 18.9 Å². The Kier molecular flexibility index (Phi) is 8.03. The molecule has 0 bridgehead atoms. The molecule has 0 saturated carbocycles. The van der Waals surface area contributed by atoms with E-state index in [0.29, 0.717) is 33.9 Å². The number of carbonyl (C=O) groups is 1. The van der Waals surface area contributed by atoms with Crippen LogP contribution in [0.5, 0.6) is 17.2 Å². The second-order valence-corrected chi connectivity index (χ2v) is 10.8. The molecule has 4 aromatic rings. The Hall–Kier alpha value is -5.03. The molecule has 0 amide bonds. The lowest BCUT2D eigenvalue weighted by molar-refractivity contribution is -0.163. The zero-order chi connectivity index (χ0) is 29.9. The summed E-state index contributed by atoms with van der Waals surface area (Å²) >= 11 is 0. The molecule has 1 aliphatic rings. The van der Waals surface area contributed by atoms with Crippen LogP contribution in [0.4, 0.5) is 0 Å². The summed E-state index contributed by atoms with van der Waals surface area (Å²) in [5.41, 5.74) is 1.80. The second kappa shape index (κ2) is 11.8. The van der Waals surface area contributed by atoms with Crippen LogP contribution in [0.15, 0.2) is 89.9 Å². The highest BCUT2D eigenvalue weighted by molar-refractivity contribution is 5.66. The zero-order valence-corrected chi connectivity index (χ0v) is 24.0. The third-order valence-corrected chi connectivity index (χ3v) is 7.23. The number of rotatable bonds is 8. The predicted molar refractivity (Wildman–Crippen MR) is 157 cm³/mol. The maximum absolute atomic E-state index is 14.1. The van der Waals surface area contributed by atoms with E-state index in [2.05, 4.69) is 6.07 Å². The molecular formula is C34H32N2O6. The van der Waals surface area contributed by atoms with Crippen LogP contribution in [-0.4, -0.2) is 22.2 Å². The molecule has 0 N–H and O–H groups in total. The standard InChI is InChI=1S/C34H32N2O6/c1-22-31(40-21-25-13-9-6-10-14-25)29(39-20-24-11-7-5-8-12-24)19-36(33(22)38)30-27-17-26(18-35)15-16-28(27)42-34(3,4)32(30)41-23(2)37/h5-17,19,30,32H,20-21H2,1-4H3/t30-,32+/m1/s1. The maximum atomic E-state index is 14.1. The van der Waals surface area contributed by atoms with Crippen LogP contribution in [0.3, 0.4) is 0 Å². The van der Waals surface area contributed by atoms with Crippen LogP contribution in [0.25, 0.3) is 0 Å². The van der Waals surface area contributed by atoms with Crippen molar-refractivity contribution < 1.29 is 23.7 Å². The Bertz CT molecular complexity index is 1690. The van der Waals surface area contributed by atoms with Crippen molar-refractivity contribution in [2.24, 2.45) is 0 Å². The molecule has 0 fully saturated rings. The van der Waals surface area contributed by atoms with Gasteiger partial charge in [0.15, 0.2) is 17.6 Å². The van der Waals surface area contributed by atoms with Gasteiger partial charge in [-0.25, -0.2) is 0 Å². The first-order chi connectivity index (χ1) is 20.2. The van der Waals surface area contributed by atoms with Gasteiger partial charge < -0.3 is 18.9 Å². The molecule has 8 nitrogen and oxygen atoms in total. The Balaban J connectivity index is 1.67. The summed E-state index contributed by atoms with van der Waals surface area (Å²) in [4.78, 5) is 26.4. The average Bonchev–Trinajstić information content (AvgIpc) is 2.98. The highest BCUT2D eigenvalue weighted by Crippen LogP contribution is 2.44. The summed E-state index contributed by atoms with van der Waals surface area (Å²) in [6.07, 6.45) is 0.705. The fourth-order valence-corrected chi connectivity index (χ4v) is 5.18. The Morgan fingerprint density at radius 3 is 2.19 bits per heavy atom. The van der Waals surface area contributed by atoms with Crippen molar-refractivity contribution in [1.29, 1.82) is 5.26 Å². The van der Waals surface area contributed by atoms with Gasteiger partial charge in [-0.05, 0) is 50.1 Å². The van der Waals surface area contributed by atoms with Gasteiger partial charge in [-0.3, -0.25) is 14.2 Å². The van der Waals surface area contributed by atoms with Crippen molar-refractivity contribution in [2.45, 2.75) is 58.7 Å². The third kappa shape index (κ3) is 5.86. The van der Waals surface area contributed by atoms with Gasteiger partial charge in [0.05, 0.1) is 23.4 Å². The molecule has 1 aliphatic heterocycles. The number of pyridine rings is 1. The summed E-state index contributed by atoms with van der Waals surface area (Å²) in [5, 5.41) is 9.64. The van der Waals surface area contributed by atoms with Gasteiger partial charge in [0.2, 0.25) is 0 Å². The molecule has 8 heteroatoms. The van der Waals surface area contributed by atoms with Gasteiger partial charge in [-0.2, -0.15) is 5.26 Å². The fraction of sp³-hybridized carbons (Fsp3) is 0.265. The van der Waals surface area contributed by atoms with Crippen LogP contribution >= 0.6 is 0 Å². The van der Waals surface area contributed by atoms with Gasteiger partial charge >= 0.3 is 5.97 Å². The number of hydrogen-bond acceptors (Lipinski definition) is 7. The Labute approximate surface area is 244 Å². The molecule has 0 spiro atoms. The quantitative estimate of drug-likeness (QED) is 0.247. The lowest BCUT2D eigenvalue weighted by Gasteiger charge is -2.44. The lowest BCUT2D eigenvalue weighted by atomic mass is 9.85. The van der Waals surface area contributed by atoms with Crippen LogP contribution in [0, 0.1) is 18.3 Å². The number of aromatic nitrogens is 1. The first kappa shape index (κ1) is 28.5. The van der Waals surface area contributed by atoms with Crippen LogP contribution in [0.1, 0.15) is 54.6 Å². The van der Waals surface area contributed by atoms with Crippen LogP contribution < -0.4 is 19.8 Å². The normalized spacial score (nSPS) is 16.8. The molecule has 0 aliphatic carbocycles. The Morgan fingerprint density at radius 1 is 0.976 bits per heavy atom. The van der Waals surface area contributed by atoms with E-state index in [9.17, 15) is 14.9 Å².